The zero-order valence-corrected chi connectivity index (χ0v) is 15.5. The number of furan rings is 1. The molecule has 0 saturated carbocycles. The highest BCUT2D eigenvalue weighted by molar-refractivity contribution is 7.14. The number of aryl methyl sites for hydroxylation is 1. The number of benzene rings is 1. The Labute approximate surface area is 160 Å². The molecule has 0 bridgehead atoms. The minimum Gasteiger partial charge on any atom is -0.461 e. The molecule has 0 fully saturated rings. The molecule has 0 radical (unpaired) electrons. The Morgan fingerprint density at radius 1 is 1.00 bits per heavy atom. The van der Waals surface area contributed by atoms with E-state index >= 15 is 0 Å². The Kier molecular flexibility index (Phi) is 5.83. The lowest BCUT2D eigenvalue weighted by molar-refractivity contribution is -0.136. The molecule has 0 saturated heterocycles. The molecule has 0 spiro atoms. The van der Waals surface area contributed by atoms with Gasteiger partial charge in [-0.2, -0.15) is 0 Å². The molecule has 3 rings (SSSR count). The molecule has 138 valence electrons. The van der Waals surface area contributed by atoms with Gasteiger partial charge in [0.15, 0.2) is 5.76 Å². The number of hydrogen-bond donors (Lipinski definition) is 2. The van der Waals surface area contributed by atoms with Crippen molar-refractivity contribution in [2.75, 3.05) is 5.32 Å². The number of para-hydroxylation sites is 1. The number of anilines is 1. The largest absolute Gasteiger partial charge is 0.461 e. The van der Waals surface area contributed by atoms with Crippen molar-refractivity contribution >= 4 is 34.6 Å². The van der Waals surface area contributed by atoms with Crippen LogP contribution in [0.2, 0.25) is 0 Å². The smallest absolute Gasteiger partial charge is 0.313 e. The van der Waals surface area contributed by atoms with E-state index in [0.717, 1.165) is 16.9 Å². The predicted molar refractivity (Wildman–Crippen MR) is 103 cm³/mol. The van der Waals surface area contributed by atoms with Crippen molar-refractivity contribution in [2.24, 2.45) is 0 Å². The number of nitrogens with one attached hydrogen (secondary N) is 2. The highest BCUT2D eigenvalue weighted by Gasteiger charge is 2.17. The van der Waals surface area contributed by atoms with E-state index < -0.39 is 11.8 Å². The van der Waals surface area contributed by atoms with Crippen LogP contribution < -0.4 is 10.6 Å². The van der Waals surface area contributed by atoms with Gasteiger partial charge in [0.1, 0.15) is 0 Å². The van der Waals surface area contributed by atoms with Crippen molar-refractivity contribution in [2.45, 2.75) is 19.9 Å². The van der Waals surface area contributed by atoms with Gasteiger partial charge in [-0.15, -0.1) is 11.3 Å². The average Bonchev–Trinajstić information content (AvgIpc) is 3.38. The van der Waals surface area contributed by atoms with Gasteiger partial charge in [0, 0.05) is 10.6 Å². The summed E-state index contributed by atoms with van der Waals surface area (Å²) in [4.78, 5) is 37.6. The van der Waals surface area contributed by atoms with Crippen LogP contribution in [0.1, 0.15) is 32.8 Å². The lowest BCUT2D eigenvalue weighted by atomic mass is 10.1. The zero-order chi connectivity index (χ0) is 19.2. The van der Waals surface area contributed by atoms with Gasteiger partial charge in [0.05, 0.1) is 17.7 Å². The molecule has 7 heteroatoms. The molecule has 2 amide bonds. The maximum atomic E-state index is 12.2. The maximum absolute atomic E-state index is 12.2. The predicted octanol–water partition coefficient (Wildman–Crippen LogP) is 3.39. The number of amides is 2. The minimum absolute atomic E-state index is 0.164. The topological polar surface area (TPSA) is 88.4 Å². The summed E-state index contributed by atoms with van der Waals surface area (Å²) in [6.07, 6.45) is 2.19. The Morgan fingerprint density at radius 3 is 2.56 bits per heavy atom. The summed E-state index contributed by atoms with van der Waals surface area (Å²) in [5, 5.41) is 5.19. The number of carbonyl (C=O) groups excluding carboxylic acids is 3. The molecule has 0 aliphatic rings. The Morgan fingerprint density at radius 2 is 1.81 bits per heavy atom. The van der Waals surface area contributed by atoms with Gasteiger partial charge in [-0.25, -0.2) is 0 Å². The van der Waals surface area contributed by atoms with Crippen LogP contribution in [0.5, 0.6) is 0 Å². The fourth-order valence-corrected chi connectivity index (χ4v) is 3.39. The first-order valence-electron chi connectivity index (χ1n) is 8.42. The third-order valence-corrected chi connectivity index (χ3v) is 4.99. The normalized spacial score (nSPS) is 10.4. The summed E-state index contributed by atoms with van der Waals surface area (Å²) in [7, 11) is 0. The molecule has 3 aromatic rings. The van der Waals surface area contributed by atoms with Crippen LogP contribution in [-0.2, 0) is 22.6 Å². The van der Waals surface area contributed by atoms with E-state index in [2.05, 4.69) is 10.6 Å². The van der Waals surface area contributed by atoms with Crippen molar-refractivity contribution in [3.05, 3.63) is 75.9 Å². The molecule has 2 heterocycles. The van der Waals surface area contributed by atoms with Gasteiger partial charge in [0.25, 0.3) is 0 Å². The number of rotatable bonds is 6. The van der Waals surface area contributed by atoms with Crippen molar-refractivity contribution in [3.8, 4) is 0 Å². The Balaban J connectivity index is 1.56. The van der Waals surface area contributed by atoms with Crippen molar-refractivity contribution in [1.82, 2.24) is 5.32 Å². The van der Waals surface area contributed by atoms with Crippen LogP contribution in [0.4, 0.5) is 5.69 Å². The minimum atomic E-state index is -0.729. The van der Waals surface area contributed by atoms with Crippen LogP contribution in [0.3, 0.4) is 0 Å². The SMILES string of the molecule is CCc1ccccc1NC(=O)C(=O)NCc1ccc(C(=O)c2ccco2)s1. The number of ketones is 1. The quantitative estimate of drug-likeness (QED) is 0.505. The second-order valence-corrected chi connectivity index (χ2v) is 6.89. The Hall–Kier alpha value is -3.19. The third kappa shape index (κ3) is 4.51. The molecule has 2 aromatic heterocycles. The zero-order valence-electron chi connectivity index (χ0n) is 14.7. The highest BCUT2D eigenvalue weighted by Crippen LogP contribution is 2.20. The van der Waals surface area contributed by atoms with Crippen molar-refractivity contribution in [3.63, 3.8) is 0 Å². The molecule has 27 heavy (non-hydrogen) atoms. The van der Waals surface area contributed by atoms with Crippen LogP contribution >= 0.6 is 11.3 Å². The highest BCUT2D eigenvalue weighted by atomic mass is 32.1. The molecule has 0 aliphatic carbocycles. The summed E-state index contributed by atoms with van der Waals surface area (Å²) in [5.74, 6) is -1.40. The molecule has 2 N–H and O–H groups in total. The van der Waals surface area contributed by atoms with Crippen LogP contribution in [-0.4, -0.2) is 17.6 Å². The first kappa shape index (κ1) is 18.6. The number of hydrogen-bond acceptors (Lipinski definition) is 5. The van der Waals surface area contributed by atoms with Crippen molar-refractivity contribution < 1.29 is 18.8 Å². The summed E-state index contributed by atoms with van der Waals surface area (Å²) in [6, 6.07) is 14.0. The molecule has 0 unspecified atom stereocenters. The second-order valence-electron chi connectivity index (χ2n) is 5.72. The fourth-order valence-electron chi connectivity index (χ4n) is 2.50. The number of carbonyl (C=O) groups is 3. The Bertz CT molecular complexity index is 960. The third-order valence-electron chi connectivity index (χ3n) is 3.91. The molecule has 0 aliphatic heterocycles. The standard InChI is InChI=1S/C20H18N2O4S/c1-2-13-6-3-4-7-15(13)22-20(25)19(24)21-12-14-9-10-17(27-14)18(23)16-8-5-11-26-16/h3-11H,2,12H2,1H3,(H,21,24)(H,22,25). The maximum Gasteiger partial charge on any atom is 0.313 e. The van der Waals surface area contributed by atoms with E-state index in [1.807, 2.05) is 19.1 Å². The summed E-state index contributed by atoms with van der Waals surface area (Å²) in [6.45, 7) is 2.14. The van der Waals surface area contributed by atoms with E-state index in [9.17, 15) is 14.4 Å². The van der Waals surface area contributed by atoms with Gasteiger partial charge in [-0.05, 0) is 42.3 Å². The van der Waals surface area contributed by atoms with E-state index in [4.69, 9.17) is 4.42 Å². The van der Waals surface area contributed by atoms with Crippen molar-refractivity contribution in [1.29, 1.82) is 0 Å². The van der Waals surface area contributed by atoms with E-state index in [0.29, 0.717) is 10.6 Å². The first-order chi connectivity index (χ1) is 13.1. The van der Waals surface area contributed by atoms with E-state index in [1.54, 1.807) is 36.4 Å². The monoisotopic (exact) mass is 382 g/mol. The lowest BCUT2D eigenvalue weighted by Gasteiger charge is -2.09. The van der Waals surface area contributed by atoms with Gasteiger partial charge in [-0.1, -0.05) is 25.1 Å². The first-order valence-corrected chi connectivity index (χ1v) is 9.24. The summed E-state index contributed by atoms with van der Waals surface area (Å²) >= 11 is 1.25. The molecule has 6 nitrogen and oxygen atoms in total. The fraction of sp³-hybridized carbons (Fsp3) is 0.150. The van der Waals surface area contributed by atoms with Gasteiger partial charge >= 0.3 is 11.8 Å². The van der Waals surface area contributed by atoms with E-state index in [-0.39, 0.29) is 18.1 Å². The number of thiophene rings is 1. The summed E-state index contributed by atoms with van der Waals surface area (Å²) in [5.41, 5.74) is 1.58. The summed E-state index contributed by atoms with van der Waals surface area (Å²) < 4.78 is 5.10. The second kappa shape index (κ2) is 8.46. The van der Waals surface area contributed by atoms with Gasteiger partial charge in [0.2, 0.25) is 5.78 Å². The van der Waals surface area contributed by atoms with Crippen LogP contribution in [0.15, 0.2) is 59.2 Å². The average molecular weight is 382 g/mol. The molecular weight excluding hydrogens is 364 g/mol. The van der Waals surface area contributed by atoms with Gasteiger partial charge < -0.3 is 15.1 Å². The molecular formula is C20H18N2O4S. The van der Waals surface area contributed by atoms with Gasteiger partial charge in [-0.3, -0.25) is 14.4 Å². The van der Waals surface area contributed by atoms with Crippen LogP contribution in [0, 0.1) is 0 Å². The molecule has 1 aromatic carbocycles. The lowest BCUT2D eigenvalue weighted by Crippen LogP contribution is -2.35. The molecule has 0 atom stereocenters. The van der Waals surface area contributed by atoms with E-state index in [1.165, 1.54) is 17.6 Å². The van der Waals surface area contributed by atoms with Crippen LogP contribution in [0.25, 0.3) is 0 Å².